The number of carbonyl (C=O) groups is 3. The van der Waals surface area contributed by atoms with Crippen LogP contribution in [-0.2, 0) is 9.59 Å². The second-order valence-corrected chi connectivity index (χ2v) is 6.48. The molecular formula is C18H23N3O3. The van der Waals surface area contributed by atoms with Gasteiger partial charge in [-0.1, -0.05) is 25.3 Å². The fourth-order valence-corrected chi connectivity index (χ4v) is 3.39. The van der Waals surface area contributed by atoms with Gasteiger partial charge in [-0.2, -0.15) is 0 Å². The van der Waals surface area contributed by atoms with Crippen LogP contribution < -0.4 is 15.8 Å². The van der Waals surface area contributed by atoms with Crippen molar-refractivity contribution in [2.45, 2.75) is 44.9 Å². The molecule has 0 unspecified atom stereocenters. The highest BCUT2D eigenvalue weighted by Crippen LogP contribution is 2.24. The Morgan fingerprint density at radius 3 is 2.54 bits per heavy atom. The van der Waals surface area contributed by atoms with E-state index in [2.05, 4.69) is 10.9 Å². The highest BCUT2D eigenvalue weighted by atomic mass is 16.2. The molecule has 0 bridgehead atoms. The second kappa shape index (κ2) is 7.47. The SMILES string of the molecule is O=C(NNC(=O)C1CCCCC1)c1cccc(N2CCCC2=O)c1. The summed E-state index contributed by atoms with van der Waals surface area (Å²) in [5.41, 5.74) is 6.17. The maximum Gasteiger partial charge on any atom is 0.269 e. The van der Waals surface area contributed by atoms with Crippen LogP contribution in [0.1, 0.15) is 55.3 Å². The minimum atomic E-state index is -0.368. The van der Waals surface area contributed by atoms with Gasteiger partial charge in [0.2, 0.25) is 11.8 Å². The van der Waals surface area contributed by atoms with Crippen molar-refractivity contribution in [2.24, 2.45) is 5.92 Å². The van der Waals surface area contributed by atoms with E-state index in [1.54, 1.807) is 23.1 Å². The lowest BCUT2D eigenvalue weighted by molar-refractivity contribution is -0.126. The molecule has 0 radical (unpaired) electrons. The molecule has 1 aromatic carbocycles. The lowest BCUT2D eigenvalue weighted by atomic mass is 9.89. The molecule has 1 heterocycles. The van der Waals surface area contributed by atoms with Crippen molar-refractivity contribution in [3.05, 3.63) is 29.8 Å². The average Bonchev–Trinajstić information content (AvgIpc) is 3.06. The molecule has 0 spiro atoms. The summed E-state index contributed by atoms with van der Waals surface area (Å²) in [4.78, 5) is 37.8. The third-order valence-electron chi connectivity index (χ3n) is 4.77. The van der Waals surface area contributed by atoms with Gasteiger partial charge >= 0.3 is 0 Å². The molecule has 1 aliphatic heterocycles. The molecule has 0 aromatic heterocycles. The first-order chi connectivity index (χ1) is 11.6. The lowest BCUT2D eigenvalue weighted by Crippen LogP contribution is -2.45. The Kier molecular flexibility index (Phi) is 5.13. The van der Waals surface area contributed by atoms with Crippen molar-refractivity contribution in [3.63, 3.8) is 0 Å². The number of carbonyl (C=O) groups excluding carboxylic acids is 3. The zero-order valence-corrected chi connectivity index (χ0v) is 13.7. The zero-order valence-electron chi connectivity index (χ0n) is 13.7. The molecule has 6 heteroatoms. The molecule has 3 amide bonds. The van der Waals surface area contributed by atoms with E-state index in [1.807, 2.05) is 6.07 Å². The van der Waals surface area contributed by atoms with E-state index in [9.17, 15) is 14.4 Å². The van der Waals surface area contributed by atoms with Gasteiger partial charge in [0.15, 0.2) is 0 Å². The summed E-state index contributed by atoms with van der Waals surface area (Å²) in [5, 5.41) is 0. The largest absolute Gasteiger partial charge is 0.312 e. The van der Waals surface area contributed by atoms with Gasteiger partial charge in [-0.25, -0.2) is 0 Å². The minimum absolute atomic E-state index is 0.00685. The number of amides is 3. The van der Waals surface area contributed by atoms with Crippen molar-refractivity contribution in [2.75, 3.05) is 11.4 Å². The molecule has 6 nitrogen and oxygen atoms in total. The minimum Gasteiger partial charge on any atom is -0.312 e. The van der Waals surface area contributed by atoms with Gasteiger partial charge in [0.05, 0.1) is 0 Å². The van der Waals surface area contributed by atoms with E-state index < -0.39 is 0 Å². The summed E-state index contributed by atoms with van der Waals surface area (Å²) >= 11 is 0. The Hall–Kier alpha value is -2.37. The standard InChI is InChI=1S/C18H23N3O3/c22-16-10-5-11-21(16)15-9-4-8-14(12-15)18(24)20-19-17(23)13-6-2-1-3-7-13/h4,8-9,12-13H,1-3,5-7,10-11H2,(H,19,23)(H,20,24). The van der Waals surface area contributed by atoms with Gasteiger partial charge < -0.3 is 4.90 Å². The Morgan fingerprint density at radius 1 is 1.04 bits per heavy atom. The molecule has 1 aromatic rings. The number of nitrogens with one attached hydrogen (secondary N) is 2. The Morgan fingerprint density at radius 2 is 1.83 bits per heavy atom. The molecule has 1 aliphatic carbocycles. The average molecular weight is 329 g/mol. The van der Waals surface area contributed by atoms with Crippen molar-refractivity contribution >= 4 is 23.4 Å². The summed E-state index contributed by atoms with van der Waals surface area (Å²) in [6.45, 7) is 0.683. The van der Waals surface area contributed by atoms with Gasteiger partial charge in [-0.05, 0) is 37.5 Å². The van der Waals surface area contributed by atoms with Gasteiger partial charge in [-0.3, -0.25) is 25.2 Å². The first-order valence-corrected chi connectivity index (χ1v) is 8.66. The summed E-state index contributed by atoms with van der Waals surface area (Å²) in [6, 6.07) is 6.93. The molecule has 0 atom stereocenters. The van der Waals surface area contributed by atoms with Crippen LogP contribution in [0.2, 0.25) is 0 Å². The summed E-state index contributed by atoms with van der Waals surface area (Å²) in [5.74, 6) is -0.410. The van der Waals surface area contributed by atoms with Crippen LogP contribution >= 0.6 is 0 Å². The first-order valence-electron chi connectivity index (χ1n) is 8.66. The highest BCUT2D eigenvalue weighted by molar-refractivity contribution is 5.99. The summed E-state index contributed by atoms with van der Waals surface area (Å²) in [7, 11) is 0. The predicted octanol–water partition coefficient (Wildman–Crippen LogP) is 2.15. The maximum atomic E-state index is 12.3. The monoisotopic (exact) mass is 329 g/mol. The van der Waals surface area contributed by atoms with Crippen LogP contribution in [0.4, 0.5) is 5.69 Å². The number of nitrogens with zero attached hydrogens (tertiary/aromatic N) is 1. The first kappa shape index (κ1) is 16.5. The summed E-state index contributed by atoms with van der Waals surface area (Å²) < 4.78 is 0. The van der Waals surface area contributed by atoms with Gasteiger partial charge in [-0.15, -0.1) is 0 Å². The topological polar surface area (TPSA) is 78.5 Å². The number of hydrazine groups is 1. The van der Waals surface area contributed by atoms with E-state index in [1.165, 1.54) is 6.42 Å². The van der Waals surface area contributed by atoms with E-state index in [0.29, 0.717) is 18.5 Å². The number of rotatable bonds is 3. The van der Waals surface area contributed by atoms with Crippen molar-refractivity contribution in [1.82, 2.24) is 10.9 Å². The molecule has 1 saturated carbocycles. The molecule has 1 saturated heterocycles. The van der Waals surface area contributed by atoms with E-state index in [-0.39, 0.29) is 23.6 Å². The van der Waals surface area contributed by atoms with Crippen LogP contribution in [0.5, 0.6) is 0 Å². The maximum absolute atomic E-state index is 12.3. The predicted molar refractivity (Wildman–Crippen MR) is 90.2 cm³/mol. The van der Waals surface area contributed by atoms with Crippen LogP contribution in [0.15, 0.2) is 24.3 Å². The molecular weight excluding hydrogens is 306 g/mol. The fraction of sp³-hybridized carbons (Fsp3) is 0.500. The third kappa shape index (κ3) is 3.75. The quantitative estimate of drug-likeness (QED) is 0.834. The van der Waals surface area contributed by atoms with E-state index in [0.717, 1.165) is 37.8 Å². The number of hydrogen-bond donors (Lipinski definition) is 2. The Bertz CT molecular complexity index is 638. The Balaban J connectivity index is 1.58. The lowest BCUT2D eigenvalue weighted by Gasteiger charge is -2.21. The smallest absolute Gasteiger partial charge is 0.269 e. The van der Waals surface area contributed by atoms with Crippen LogP contribution in [0.3, 0.4) is 0 Å². The number of hydrogen-bond acceptors (Lipinski definition) is 3. The van der Waals surface area contributed by atoms with Crippen molar-refractivity contribution in [3.8, 4) is 0 Å². The number of benzene rings is 1. The molecule has 3 rings (SSSR count). The van der Waals surface area contributed by atoms with Crippen molar-refractivity contribution < 1.29 is 14.4 Å². The van der Waals surface area contributed by atoms with E-state index >= 15 is 0 Å². The normalized spacial score (nSPS) is 18.5. The molecule has 24 heavy (non-hydrogen) atoms. The van der Waals surface area contributed by atoms with Crippen LogP contribution in [-0.4, -0.2) is 24.3 Å². The molecule has 2 aliphatic rings. The van der Waals surface area contributed by atoms with Crippen molar-refractivity contribution in [1.29, 1.82) is 0 Å². The fourth-order valence-electron chi connectivity index (χ4n) is 3.39. The molecule has 128 valence electrons. The van der Waals surface area contributed by atoms with E-state index in [4.69, 9.17) is 0 Å². The van der Waals surface area contributed by atoms with Crippen LogP contribution in [0.25, 0.3) is 0 Å². The Labute approximate surface area is 141 Å². The zero-order chi connectivity index (χ0) is 16.9. The van der Waals surface area contributed by atoms with Gasteiger partial charge in [0, 0.05) is 30.1 Å². The number of anilines is 1. The van der Waals surface area contributed by atoms with Gasteiger partial charge in [0.25, 0.3) is 5.91 Å². The molecule has 2 N–H and O–H groups in total. The summed E-state index contributed by atoms with van der Waals surface area (Å²) in [6.07, 6.45) is 6.47. The second-order valence-electron chi connectivity index (χ2n) is 6.48. The van der Waals surface area contributed by atoms with Gasteiger partial charge in [0.1, 0.15) is 0 Å². The third-order valence-corrected chi connectivity index (χ3v) is 4.77. The van der Waals surface area contributed by atoms with Crippen LogP contribution in [0, 0.1) is 5.92 Å². The highest BCUT2D eigenvalue weighted by Gasteiger charge is 2.23. The molecule has 2 fully saturated rings.